The summed E-state index contributed by atoms with van der Waals surface area (Å²) in [6.07, 6.45) is 1.59. The summed E-state index contributed by atoms with van der Waals surface area (Å²) in [5.74, 6) is 0.470. The molecule has 0 bridgehead atoms. The van der Waals surface area contributed by atoms with Crippen LogP contribution in [0.25, 0.3) is 0 Å². The van der Waals surface area contributed by atoms with E-state index in [1.807, 2.05) is 20.8 Å². The van der Waals surface area contributed by atoms with Gasteiger partial charge in [0.2, 0.25) is 0 Å². The van der Waals surface area contributed by atoms with Crippen LogP contribution in [-0.4, -0.2) is 75.6 Å². The smallest absolute Gasteiger partial charge is 0.410 e. The molecule has 2 aliphatic heterocycles. The zero-order valence-corrected chi connectivity index (χ0v) is 15.8. The van der Waals surface area contributed by atoms with Crippen molar-refractivity contribution in [3.05, 3.63) is 0 Å². The topological polar surface area (TPSA) is 73.2 Å². The number of hydrogen-bond acceptors (Lipinski definition) is 5. The number of hydrogen-bond donors (Lipinski definition) is 2. The summed E-state index contributed by atoms with van der Waals surface area (Å²) in [6, 6.07) is 0. The van der Waals surface area contributed by atoms with Gasteiger partial charge in [0.25, 0.3) is 0 Å². The van der Waals surface area contributed by atoms with Crippen LogP contribution in [0.1, 0.15) is 53.9 Å². The van der Waals surface area contributed by atoms with Crippen LogP contribution in [0.3, 0.4) is 0 Å². The van der Waals surface area contributed by atoms with Gasteiger partial charge in [-0.15, -0.1) is 0 Å². The fraction of sp³-hybridized carbons (Fsp3) is 0.944. The Bertz CT molecular complexity index is 444. The maximum atomic E-state index is 12.1. The number of β-amino-alcohol motifs (C(OH)–C–C–N with tert-alkyl or cyclic N) is 2. The van der Waals surface area contributed by atoms with Gasteiger partial charge in [0.15, 0.2) is 0 Å². The molecule has 2 fully saturated rings. The number of ether oxygens (including phenoxy) is 1. The Labute approximate surface area is 145 Å². The van der Waals surface area contributed by atoms with Crippen LogP contribution in [0.2, 0.25) is 0 Å². The van der Waals surface area contributed by atoms with E-state index in [-0.39, 0.29) is 6.09 Å². The van der Waals surface area contributed by atoms with Crippen LogP contribution in [0.5, 0.6) is 0 Å². The van der Waals surface area contributed by atoms with Crippen molar-refractivity contribution in [2.24, 2.45) is 5.92 Å². The highest BCUT2D eigenvalue weighted by Gasteiger charge is 2.45. The lowest BCUT2D eigenvalue weighted by atomic mass is 9.83. The van der Waals surface area contributed by atoms with Crippen LogP contribution in [0.15, 0.2) is 0 Å². The summed E-state index contributed by atoms with van der Waals surface area (Å²) in [7, 11) is 0. The molecule has 0 radical (unpaired) electrons. The first-order valence-corrected chi connectivity index (χ1v) is 9.05. The summed E-state index contributed by atoms with van der Waals surface area (Å²) >= 11 is 0. The first-order valence-electron chi connectivity index (χ1n) is 9.05. The Morgan fingerprint density at radius 1 is 1.12 bits per heavy atom. The molecule has 24 heavy (non-hydrogen) atoms. The zero-order valence-electron chi connectivity index (χ0n) is 15.8. The van der Waals surface area contributed by atoms with Crippen molar-refractivity contribution in [2.75, 3.05) is 32.7 Å². The second-order valence-electron chi connectivity index (χ2n) is 9.16. The summed E-state index contributed by atoms with van der Waals surface area (Å²) in [5.41, 5.74) is -1.87. The Balaban J connectivity index is 1.76. The molecule has 0 spiro atoms. The lowest BCUT2D eigenvalue weighted by Crippen LogP contribution is -2.66. The first kappa shape index (κ1) is 19.5. The molecule has 2 heterocycles. The van der Waals surface area contributed by atoms with Gasteiger partial charge in [-0.05, 0) is 46.0 Å². The molecule has 6 heteroatoms. The molecule has 0 aromatic carbocycles. The molecule has 0 aromatic heterocycles. The number of likely N-dealkylation sites (tertiary alicyclic amines) is 2. The molecular weight excluding hydrogens is 308 g/mol. The van der Waals surface area contributed by atoms with E-state index < -0.39 is 16.8 Å². The van der Waals surface area contributed by atoms with Gasteiger partial charge < -0.3 is 19.8 Å². The van der Waals surface area contributed by atoms with Gasteiger partial charge >= 0.3 is 6.09 Å². The van der Waals surface area contributed by atoms with E-state index in [0.29, 0.717) is 51.5 Å². The SMILES string of the molecule is CC(C)CC1(O)CN(CC2(O)CCN(C(=O)OC(C)(C)C)CC2)C1. The van der Waals surface area contributed by atoms with E-state index in [0.717, 1.165) is 6.42 Å². The summed E-state index contributed by atoms with van der Waals surface area (Å²) in [5, 5.41) is 21.2. The maximum Gasteiger partial charge on any atom is 0.410 e. The molecule has 2 rings (SSSR count). The van der Waals surface area contributed by atoms with Gasteiger partial charge in [0.1, 0.15) is 5.60 Å². The van der Waals surface area contributed by atoms with Gasteiger partial charge in [-0.3, -0.25) is 4.90 Å². The molecular formula is C18H34N2O4. The molecule has 140 valence electrons. The minimum Gasteiger partial charge on any atom is -0.444 e. The third-order valence-electron chi connectivity index (χ3n) is 4.69. The van der Waals surface area contributed by atoms with Crippen LogP contribution in [0.4, 0.5) is 4.79 Å². The Kier molecular flexibility index (Phi) is 5.52. The van der Waals surface area contributed by atoms with E-state index >= 15 is 0 Å². The average Bonchev–Trinajstić information content (AvgIpc) is 2.34. The third kappa shape index (κ3) is 5.33. The monoisotopic (exact) mass is 342 g/mol. The molecule has 2 saturated heterocycles. The van der Waals surface area contributed by atoms with Crippen LogP contribution < -0.4 is 0 Å². The Hall–Kier alpha value is -0.850. The van der Waals surface area contributed by atoms with E-state index in [1.54, 1.807) is 4.90 Å². The van der Waals surface area contributed by atoms with Gasteiger partial charge in [-0.25, -0.2) is 4.79 Å². The zero-order chi connectivity index (χ0) is 18.2. The molecule has 0 saturated carbocycles. The number of aliphatic hydroxyl groups is 2. The van der Waals surface area contributed by atoms with Crippen molar-refractivity contribution >= 4 is 6.09 Å². The van der Waals surface area contributed by atoms with E-state index in [2.05, 4.69) is 18.7 Å². The maximum absolute atomic E-state index is 12.1. The first-order chi connectivity index (χ1) is 10.9. The number of amides is 1. The predicted molar refractivity (Wildman–Crippen MR) is 92.8 cm³/mol. The van der Waals surface area contributed by atoms with Crippen molar-refractivity contribution in [1.29, 1.82) is 0 Å². The highest BCUT2D eigenvalue weighted by molar-refractivity contribution is 5.68. The molecule has 0 unspecified atom stereocenters. The highest BCUT2D eigenvalue weighted by atomic mass is 16.6. The third-order valence-corrected chi connectivity index (χ3v) is 4.69. The molecule has 6 nitrogen and oxygen atoms in total. The van der Waals surface area contributed by atoms with E-state index in [9.17, 15) is 15.0 Å². The molecule has 0 aromatic rings. The molecule has 0 aliphatic carbocycles. The van der Waals surface area contributed by atoms with Crippen molar-refractivity contribution < 1.29 is 19.7 Å². The van der Waals surface area contributed by atoms with Crippen molar-refractivity contribution in [3.63, 3.8) is 0 Å². The van der Waals surface area contributed by atoms with Gasteiger partial charge in [-0.1, -0.05) is 13.8 Å². The quantitative estimate of drug-likeness (QED) is 0.815. The van der Waals surface area contributed by atoms with Crippen molar-refractivity contribution in [3.8, 4) is 0 Å². The highest BCUT2D eigenvalue weighted by Crippen LogP contribution is 2.32. The normalized spacial score (nSPS) is 23.9. The summed E-state index contributed by atoms with van der Waals surface area (Å²) in [6.45, 7) is 12.6. The molecule has 2 N–H and O–H groups in total. The summed E-state index contributed by atoms with van der Waals surface area (Å²) in [4.78, 5) is 15.9. The fourth-order valence-corrected chi connectivity index (χ4v) is 3.79. The number of carbonyl (C=O) groups excluding carboxylic acids is 1. The number of nitrogens with zero attached hydrogens (tertiary/aromatic N) is 2. The van der Waals surface area contributed by atoms with Crippen LogP contribution >= 0.6 is 0 Å². The van der Waals surface area contributed by atoms with Gasteiger partial charge in [-0.2, -0.15) is 0 Å². The minimum atomic E-state index is -0.780. The number of rotatable bonds is 4. The van der Waals surface area contributed by atoms with Gasteiger partial charge in [0.05, 0.1) is 11.2 Å². The summed E-state index contributed by atoms with van der Waals surface area (Å²) < 4.78 is 5.38. The molecule has 2 aliphatic rings. The van der Waals surface area contributed by atoms with Crippen LogP contribution in [0, 0.1) is 5.92 Å². The fourth-order valence-electron chi connectivity index (χ4n) is 3.79. The lowest BCUT2D eigenvalue weighted by Gasteiger charge is -2.51. The second kappa shape index (κ2) is 6.81. The van der Waals surface area contributed by atoms with E-state index in [4.69, 9.17) is 4.74 Å². The van der Waals surface area contributed by atoms with E-state index in [1.165, 1.54) is 0 Å². The number of piperidine rings is 1. The second-order valence-corrected chi connectivity index (χ2v) is 9.16. The van der Waals surface area contributed by atoms with Crippen LogP contribution in [-0.2, 0) is 4.74 Å². The van der Waals surface area contributed by atoms with Crippen molar-refractivity contribution in [2.45, 2.75) is 70.7 Å². The number of carbonyl (C=O) groups is 1. The molecule has 0 atom stereocenters. The van der Waals surface area contributed by atoms with Gasteiger partial charge in [0, 0.05) is 32.7 Å². The predicted octanol–water partition coefficient (Wildman–Crippen LogP) is 1.84. The lowest BCUT2D eigenvalue weighted by molar-refractivity contribution is -0.140. The average molecular weight is 342 g/mol. The largest absolute Gasteiger partial charge is 0.444 e. The Morgan fingerprint density at radius 2 is 1.67 bits per heavy atom. The standard InChI is InChI=1S/C18H34N2O4/c1-14(2)10-18(23)12-19(13-18)11-17(22)6-8-20(9-7-17)15(21)24-16(3,4)5/h14,22-23H,6-13H2,1-5H3. The molecule has 1 amide bonds. The minimum absolute atomic E-state index is 0.306. The van der Waals surface area contributed by atoms with Crippen molar-refractivity contribution in [1.82, 2.24) is 9.80 Å². The Morgan fingerprint density at radius 3 is 2.12 bits per heavy atom.